The number of carbonyl (C=O) groups excluding carboxylic acids is 1. The Kier molecular flexibility index (Phi) is 6.20. The second kappa shape index (κ2) is 8.14. The van der Waals surface area contributed by atoms with Crippen LogP contribution in [0.25, 0.3) is 0 Å². The highest BCUT2D eigenvalue weighted by atomic mass is 16.2. The molecule has 0 spiro atoms. The molecule has 2 rings (SSSR count). The van der Waals surface area contributed by atoms with E-state index in [1.165, 1.54) is 12.8 Å². The fraction of sp³-hybridized carbons (Fsp3) is 0.733. The second-order valence-electron chi connectivity index (χ2n) is 5.73. The monoisotopic (exact) mass is 293 g/mol. The zero-order chi connectivity index (χ0) is 15.1. The van der Waals surface area contributed by atoms with Crippen LogP contribution in [0.1, 0.15) is 36.2 Å². The Morgan fingerprint density at radius 3 is 2.81 bits per heavy atom. The van der Waals surface area contributed by atoms with Crippen LogP contribution >= 0.6 is 0 Å². The van der Waals surface area contributed by atoms with Gasteiger partial charge in [-0.1, -0.05) is 6.42 Å². The summed E-state index contributed by atoms with van der Waals surface area (Å²) in [4.78, 5) is 20.9. The van der Waals surface area contributed by atoms with Crippen LogP contribution in [-0.2, 0) is 7.05 Å². The van der Waals surface area contributed by atoms with Gasteiger partial charge in [0.1, 0.15) is 5.69 Å². The van der Waals surface area contributed by atoms with Crippen LogP contribution in [0, 0.1) is 0 Å². The Bertz CT molecular complexity index is 445. The molecular formula is C15H27N5O. The molecule has 0 bridgehead atoms. The number of hydrogen-bond acceptors (Lipinski definition) is 4. The van der Waals surface area contributed by atoms with Crippen molar-refractivity contribution in [3.05, 3.63) is 18.2 Å². The van der Waals surface area contributed by atoms with Crippen molar-refractivity contribution in [3.63, 3.8) is 0 Å². The lowest BCUT2D eigenvalue weighted by atomic mass is 10.2. The van der Waals surface area contributed by atoms with Crippen molar-refractivity contribution in [2.75, 3.05) is 39.3 Å². The maximum Gasteiger partial charge on any atom is 0.272 e. The van der Waals surface area contributed by atoms with E-state index in [0.717, 1.165) is 52.1 Å². The molecule has 118 valence electrons. The molecule has 0 aliphatic carbocycles. The standard InChI is InChI=1S/C15H27N5O/c1-18-13-17-12-14(18)15(21)20-9-5-8-19(10-11-20)7-4-2-3-6-16/h12-13H,2-11,16H2,1H3. The van der Waals surface area contributed by atoms with Crippen LogP contribution in [0.15, 0.2) is 12.5 Å². The first-order chi connectivity index (χ1) is 10.2. The van der Waals surface area contributed by atoms with Crippen LogP contribution in [0.5, 0.6) is 0 Å². The lowest BCUT2D eigenvalue weighted by molar-refractivity contribution is 0.0752. The second-order valence-corrected chi connectivity index (χ2v) is 5.73. The van der Waals surface area contributed by atoms with E-state index in [1.807, 2.05) is 11.9 Å². The van der Waals surface area contributed by atoms with Crippen LogP contribution in [0.4, 0.5) is 0 Å². The van der Waals surface area contributed by atoms with Gasteiger partial charge in [0.15, 0.2) is 0 Å². The molecule has 2 heterocycles. The van der Waals surface area contributed by atoms with Crippen molar-refractivity contribution in [1.29, 1.82) is 0 Å². The Hall–Kier alpha value is -1.40. The van der Waals surface area contributed by atoms with Gasteiger partial charge in [0.05, 0.1) is 12.5 Å². The summed E-state index contributed by atoms with van der Waals surface area (Å²) in [6.07, 6.45) is 7.88. The summed E-state index contributed by atoms with van der Waals surface area (Å²) in [7, 11) is 1.86. The summed E-state index contributed by atoms with van der Waals surface area (Å²) in [5, 5.41) is 0. The molecule has 1 aliphatic heterocycles. The maximum absolute atomic E-state index is 12.5. The zero-order valence-corrected chi connectivity index (χ0v) is 13.0. The fourth-order valence-corrected chi connectivity index (χ4v) is 2.78. The van der Waals surface area contributed by atoms with Gasteiger partial charge in [0.25, 0.3) is 5.91 Å². The highest BCUT2D eigenvalue weighted by Crippen LogP contribution is 2.09. The Labute approximate surface area is 126 Å². The number of nitrogens with zero attached hydrogens (tertiary/aromatic N) is 4. The van der Waals surface area contributed by atoms with E-state index in [4.69, 9.17) is 5.73 Å². The maximum atomic E-state index is 12.5. The number of imidazole rings is 1. The summed E-state index contributed by atoms with van der Waals surface area (Å²) >= 11 is 0. The van der Waals surface area contributed by atoms with Gasteiger partial charge in [-0.05, 0) is 38.9 Å². The molecule has 6 heteroatoms. The largest absolute Gasteiger partial charge is 0.336 e. The van der Waals surface area contributed by atoms with Crippen molar-refractivity contribution < 1.29 is 4.79 Å². The Balaban J connectivity index is 1.80. The molecule has 1 fully saturated rings. The lowest BCUT2D eigenvalue weighted by Crippen LogP contribution is -2.36. The van der Waals surface area contributed by atoms with Gasteiger partial charge in [-0.2, -0.15) is 0 Å². The van der Waals surface area contributed by atoms with E-state index >= 15 is 0 Å². The minimum atomic E-state index is 0.0972. The third-order valence-electron chi connectivity index (χ3n) is 4.09. The molecule has 2 N–H and O–H groups in total. The summed E-state index contributed by atoms with van der Waals surface area (Å²) in [5.74, 6) is 0.0972. The van der Waals surface area contributed by atoms with E-state index in [1.54, 1.807) is 17.1 Å². The smallest absolute Gasteiger partial charge is 0.272 e. The van der Waals surface area contributed by atoms with Crippen molar-refractivity contribution in [3.8, 4) is 0 Å². The van der Waals surface area contributed by atoms with E-state index in [-0.39, 0.29) is 5.91 Å². The minimum Gasteiger partial charge on any atom is -0.336 e. The molecule has 1 amide bonds. The first-order valence-corrected chi connectivity index (χ1v) is 7.90. The number of amides is 1. The third-order valence-corrected chi connectivity index (χ3v) is 4.09. The molecule has 1 aliphatic rings. The molecule has 1 aromatic rings. The number of unbranched alkanes of at least 4 members (excludes halogenated alkanes) is 2. The minimum absolute atomic E-state index is 0.0972. The Morgan fingerprint density at radius 2 is 2.10 bits per heavy atom. The number of carbonyl (C=O) groups is 1. The SMILES string of the molecule is Cn1cncc1C(=O)N1CCCN(CCCCCN)CC1. The van der Waals surface area contributed by atoms with Gasteiger partial charge in [-0.15, -0.1) is 0 Å². The number of aromatic nitrogens is 2. The van der Waals surface area contributed by atoms with Gasteiger partial charge in [-0.3, -0.25) is 4.79 Å². The van der Waals surface area contributed by atoms with E-state index in [2.05, 4.69) is 9.88 Å². The normalized spacial score (nSPS) is 17.0. The van der Waals surface area contributed by atoms with Crippen molar-refractivity contribution in [1.82, 2.24) is 19.4 Å². The summed E-state index contributed by atoms with van der Waals surface area (Å²) in [5.41, 5.74) is 6.19. The predicted octanol–water partition coefficient (Wildman–Crippen LogP) is 0.697. The third kappa shape index (κ3) is 4.54. The highest BCUT2D eigenvalue weighted by molar-refractivity contribution is 5.92. The van der Waals surface area contributed by atoms with Crippen molar-refractivity contribution in [2.45, 2.75) is 25.7 Å². The van der Waals surface area contributed by atoms with Crippen LogP contribution in [0.3, 0.4) is 0 Å². The number of rotatable bonds is 6. The van der Waals surface area contributed by atoms with Gasteiger partial charge < -0.3 is 20.1 Å². The fourth-order valence-electron chi connectivity index (χ4n) is 2.78. The number of nitrogens with two attached hydrogens (primary N) is 1. The molecule has 21 heavy (non-hydrogen) atoms. The van der Waals surface area contributed by atoms with Crippen molar-refractivity contribution in [2.24, 2.45) is 12.8 Å². The molecular weight excluding hydrogens is 266 g/mol. The first kappa shape index (κ1) is 16.0. The predicted molar refractivity (Wildman–Crippen MR) is 83.1 cm³/mol. The van der Waals surface area contributed by atoms with E-state index in [9.17, 15) is 4.79 Å². The molecule has 0 radical (unpaired) electrons. The Morgan fingerprint density at radius 1 is 1.24 bits per heavy atom. The average Bonchev–Trinajstić information content (AvgIpc) is 2.77. The van der Waals surface area contributed by atoms with E-state index < -0.39 is 0 Å². The van der Waals surface area contributed by atoms with Crippen LogP contribution in [0.2, 0.25) is 0 Å². The number of aryl methyl sites for hydroxylation is 1. The molecule has 1 saturated heterocycles. The summed E-state index contributed by atoms with van der Waals surface area (Å²) in [6, 6.07) is 0. The molecule has 0 atom stereocenters. The van der Waals surface area contributed by atoms with E-state index in [0.29, 0.717) is 5.69 Å². The quantitative estimate of drug-likeness (QED) is 0.784. The molecule has 1 aromatic heterocycles. The first-order valence-electron chi connectivity index (χ1n) is 7.90. The van der Waals surface area contributed by atoms with Crippen LogP contribution < -0.4 is 5.73 Å². The van der Waals surface area contributed by atoms with Gasteiger partial charge in [-0.25, -0.2) is 4.98 Å². The zero-order valence-electron chi connectivity index (χ0n) is 13.0. The van der Waals surface area contributed by atoms with Gasteiger partial charge in [0, 0.05) is 26.7 Å². The van der Waals surface area contributed by atoms with Crippen molar-refractivity contribution >= 4 is 5.91 Å². The average molecular weight is 293 g/mol. The van der Waals surface area contributed by atoms with Gasteiger partial charge in [0.2, 0.25) is 0 Å². The van der Waals surface area contributed by atoms with Crippen LogP contribution in [-0.4, -0.2) is 64.5 Å². The molecule has 6 nitrogen and oxygen atoms in total. The number of hydrogen-bond donors (Lipinski definition) is 1. The topological polar surface area (TPSA) is 67.4 Å². The molecule has 0 unspecified atom stereocenters. The molecule has 0 aromatic carbocycles. The lowest BCUT2D eigenvalue weighted by Gasteiger charge is -2.22. The molecule has 0 saturated carbocycles. The highest BCUT2D eigenvalue weighted by Gasteiger charge is 2.21. The summed E-state index contributed by atoms with van der Waals surface area (Å²) < 4.78 is 1.79. The van der Waals surface area contributed by atoms with Gasteiger partial charge >= 0.3 is 0 Å². The summed E-state index contributed by atoms with van der Waals surface area (Å²) in [6.45, 7) is 5.59.